The lowest BCUT2D eigenvalue weighted by atomic mass is 9.68. The lowest BCUT2D eigenvalue weighted by Gasteiger charge is -2.39. The standard InChI is InChI=1S/C24H29Cl2NO4/c1-5-8-30-9-10-31-23(29)20-14(2)27-18-12-24(3,4)13-19(28)22(18)21(20)15-6-7-16(25)17(26)11-15/h6-7,11,21,27H,5,8-10,12-13H2,1-4H3/t21-/m1/s1. The first-order chi connectivity index (χ1) is 14.6. The number of esters is 1. The van der Waals surface area contributed by atoms with Crippen LogP contribution in [0.15, 0.2) is 40.7 Å². The smallest absolute Gasteiger partial charge is 0.336 e. The number of benzene rings is 1. The van der Waals surface area contributed by atoms with E-state index >= 15 is 0 Å². The minimum Gasteiger partial charge on any atom is -0.460 e. The average Bonchev–Trinajstić information content (AvgIpc) is 2.67. The Morgan fingerprint density at radius 1 is 1.16 bits per heavy atom. The van der Waals surface area contributed by atoms with Gasteiger partial charge in [-0.3, -0.25) is 4.79 Å². The van der Waals surface area contributed by atoms with Gasteiger partial charge in [0.25, 0.3) is 0 Å². The van der Waals surface area contributed by atoms with Crippen molar-refractivity contribution in [2.45, 2.75) is 52.9 Å². The van der Waals surface area contributed by atoms with Crippen LogP contribution in [-0.2, 0) is 19.1 Å². The monoisotopic (exact) mass is 465 g/mol. The fraction of sp³-hybridized carbons (Fsp3) is 0.500. The number of ketones is 1. The number of hydrogen-bond acceptors (Lipinski definition) is 5. The zero-order valence-corrected chi connectivity index (χ0v) is 20.0. The van der Waals surface area contributed by atoms with Gasteiger partial charge in [0.1, 0.15) is 6.61 Å². The normalized spacial score (nSPS) is 20.5. The molecule has 1 aromatic rings. The largest absolute Gasteiger partial charge is 0.460 e. The Morgan fingerprint density at radius 2 is 1.90 bits per heavy atom. The lowest BCUT2D eigenvalue weighted by molar-refractivity contribution is -0.141. The van der Waals surface area contributed by atoms with Crippen LogP contribution in [0.1, 0.15) is 58.4 Å². The van der Waals surface area contributed by atoms with Gasteiger partial charge in [-0.1, -0.05) is 50.0 Å². The fourth-order valence-electron chi connectivity index (χ4n) is 4.25. The van der Waals surface area contributed by atoms with Gasteiger partial charge in [0.2, 0.25) is 0 Å². The molecule has 1 N–H and O–H groups in total. The number of nitrogens with one attached hydrogen (secondary N) is 1. The number of hydrogen-bond donors (Lipinski definition) is 1. The van der Waals surface area contributed by atoms with E-state index < -0.39 is 11.9 Å². The molecule has 31 heavy (non-hydrogen) atoms. The second-order valence-electron chi connectivity index (χ2n) is 8.85. The van der Waals surface area contributed by atoms with Gasteiger partial charge >= 0.3 is 5.97 Å². The first kappa shape index (κ1) is 23.8. The number of allylic oxidation sites excluding steroid dienone is 3. The summed E-state index contributed by atoms with van der Waals surface area (Å²) in [7, 11) is 0. The molecule has 0 radical (unpaired) electrons. The van der Waals surface area contributed by atoms with Crippen molar-refractivity contribution in [3.63, 3.8) is 0 Å². The van der Waals surface area contributed by atoms with E-state index in [2.05, 4.69) is 19.2 Å². The molecular weight excluding hydrogens is 437 g/mol. The fourth-order valence-corrected chi connectivity index (χ4v) is 4.56. The van der Waals surface area contributed by atoms with Crippen LogP contribution in [0.3, 0.4) is 0 Å². The molecule has 1 heterocycles. The molecule has 1 aromatic carbocycles. The Balaban J connectivity index is 1.99. The molecule has 0 saturated carbocycles. The lowest BCUT2D eigenvalue weighted by Crippen LogP contribution is -2.38. The van der Waals surface area contributed by atoms with E-state index in [9.17, 15) is 9.59 Å². The molecule has 0 spiro atoms. The highest BCUT2D eigenvalue weighted by Crippen LogP contribution is 2.47. The summed E-state index contributed by atoms with van der Waals surface area (Å²) in [5.41, 5.74) is 3.15. The maximum Gasteiger partial charge on any atom is 0.336 e. The van der Waals surface area contributed by atoms with Crippen molar-refractivity contribution in [1.82, 2.24) is 5.32 Å². The molecule has 0 unspecified atom stereocenters. The zero-order chi connectivity index (χ0) is 22.8. The predicted molar refractivity (Wildman–Crippen MR) is 122 cm³/mol. The van der Waals surface area contributed by atoms with Gasteiger partial charge in [-0.15, -0.1) is 0 Å². The number of halogens is 2. The van der Waals surface area contributed by atoms with E-state index in [0.29, 0.717) is 46.5 Å². The van der Waals surface area contributed by atoms with Crippen molar-refractivity contribution >= 4 is 35.0 Å². The van der Waals surface area contributed by atoms with Gasteiger partial charge < -0.3 is 14.8 Å². The maximum absolute atomic E-state index is 13.2. The number of carbonyl (C=O) groups excluding carboxylic acids is 2. The van der Waals surface area contributed by atoms with E-state index in [1.54, 1.807) is 12.1 Å². The first-order valence-electron chi connectivity index (χ1n) is 10.6. The highest BCUT2D eigenvalue weighted by atomic mass is 35.5. The van der Waals surface area contributed by atoms with Gasteiger partial charge in [-0.05, 0) is 42.9 Å². The summed E-state index contributed by atoms with van der Waals surface area (Å²) in [6, 6.07) is 5.23. The van der Waals surface area contributed by atoms with Crippen LogP contribution < -0.4 is 5.32 Å². The molecule has 0 amide bonds. The van der Waals surface area contributed by atoms with E-state index in [4.69, 9.17) is 32.7 Å². The van der Waals surface area contributed by atoms with Crippen LogP contribution in [0.25, 0.3) is 0 Å². The van der Waals surface area contributed by atoms with Crippen LogP contribution >= 0.6 is 23.2 Å². The molecule has 168 valence electrons. The topological polar surface area (TPSA) is 64.6 Å². The van der Waals surface area contributed by atoms with Crippen LogP contribution in [-0.4, -0.2) is 31.6 Å². The number of dihydropyridines is 1. The second kappa shape index (κ2) is 9.76. The second-order valence-corrected chi connectivity index (χ2v) is 9.67. The molecule has 7 heteroatoms. The van der Waals surface area contributed by atoms with Crippen molar-refractivity contribution < 1.29 is 19.1 Å². The van der Waals surface area contributed by atoms with Crippen molar-refractivity contribution in [2.75, 3.05) is 19.8 Å². The SMILES string of the molecule is CCCOCCOC(=O)C1=C(C)NC2=C(C(=O)CC(C)(C)C2)[C@@H]1c1ccc(Cl)c(Cl)c1. The third-order valence-electron chi connectivity index (χ3n) is 5.55. The number of rotatable bonds is 7. The molecule has 1 aliphatic heterocycles. The summed E-state index contributed by atoms with van der Waals surface area (Å²) in [5.74, 6) is -0.997. The van der Waals surface area contributed by atoms with Crippen LogP contribution in [0.2, 0.25) is 10.0 Å². The van der Waals surface area contributed by atoms with Crippen molar-refractivity contribution in [1.29, 1.82) is 0 Å². The summed E-state index contributed by atoms with van der Waals surface area (Å²) in [6.07, 6.45) is 2.03. The summed E-state index contributed by atoms with van der Waals surface area (Å²) in [6.45, 7) is 9.10. The van der Waals surface area contributed by atoms with Gasteiger partial charge in [0, 0.05) is 35.9 Å². The third-order valence-corrected chi connectivity index (χ3v) is 6.28. The molecule has 0 bridgehead atoms. The quantitative estimate of drug-likeness (QED) is 0.421. The molecule has 1 aliphatic carbocycles. The van der Waals surface area contributed by atoms with E-state index in [-0.39, 0.29) is 17.8 Å². The zero-order valence-electron chi connectivity index (χ0n) is 18.4. The Bertz CT molecular complexity index is 949. The molecule has 3 rings (SSSR count). The predicted octanol–water partition coefficient (Wildman–Crippen LogP) is 5.57. The van der Waals surface area contributed by atoms with Crippen LogP contribution in [0, 0.1) is 5.41 Å². The molecule has 0 fully saturated rings. The Labute approximate surface area is 193 Å². The number of Topliss-reactive ketones (excluding diaryl/α,β-unsaturated/α-hetero) is 1. The van der Waals surface area contributed by atoms with E-state index in [1.165, 1.54) is 0 Å². The summed E-state index contributed by atoms with van der Waals surface area (Å²) in [4.78, 5) is 26.4. The molecule has 2 aliphatic rings. The maximum atomic E-state index is 13.2. The Kier molecular flexibility index (Phi) is 7.51. The molecule has 0 aromatic heterocycles. The van der Waals surface area contributed by atoms with E-state index in [0.717, 1.165) is 24.1 Å². The van der Waals surface area contributed by atoms with E-state index in [1.807, 2.05) is 19.9 Å². The van der Waals surface area contributed by atoms with Crippen LogP contribution in [0.5, 0.6) is 0 Å². The molecule has 0 saturated heterocycles. The molecule has 5 nitrogen and oxygen atoms in total. The highest BCUT2D eigenvalue weighted by molar-refractivity contribution is 6.42. The number of ether oxygens (including phenoxy) is 2. The first-order valence-corrected chi connectivity index (χ1v) is 11.3. The minimum absolute atomic E-state index is 0.0268. The molecule has 1 atom stereocenters. The molecular formula is C24H29Cl2NO4. The van der Waals surface area contributed by atoms with Gasteiger partial charge in [-0.25, -0.2) is 4.79 Å². The summed E-state index contributed by atoms with van der Waals surface area (Å²) in [5, 5.41) is 4.11. The summed E-state index contributed by atoms with van der Waals surface area (Å²) >= 11 is 12.4. The highest BCUT2D eigenvalue weighted by Gasteiger charge is 2.43. The Morgan fingerprint density at radius 3 is 2.58 bits per heavy atom. The van der Waals surface area contributed by atoms with Crippen molar-refractivity contribution in [3.05, 3.63) is 56.3 Å². The number of carbonyl (C=O) groups is 2. The van der Waals surface area contributed by atoms with Crippen molar-refractivity contribution in [2.24, 2.45) is 5.41 Å². The van der Waals surface area contributed by atoms with Crippen molar-refractivity contribution in [3.8, 4) is 0 Å². The summed E-state index contributed by atoms with van der Waals surface area (Å²) < 4.78 is 10.9. The average molecular weight is 466 g/mol. The third kappa shape index (κ3) is 5.33. The Hall–Kier alpha value is -1.82. The van der Waals surface area contributed by atoms with Crippen LogP contribution in [0.4, 0.5) is 0 Å². The van der Waals surface area contributed by atoms with Gasteiger partial charge in [-0.2, -0.15) is 0 Å². The minimum atomic E-state index is -0.557. The van der Waals surface area contributed by atoms with Gasteiger partial charge in [0.15, 0.2) is 5.78 Å². The van der Waals surface area contributed by atoms with Gasteiger partial charge in [0.05, 0.1) is 22.2 Å².